The van der Waals surface area contributed by atoms with Gasteiger partial charge in [-0.05, 0) is 55.4 Å². The van der Waals surface area contributed by atoms with Gasteiger partial charge in [-0.15, -0.1) is 0 Å². The van der Waals surface area contributed by atoms with E-state index in [9.17, 15) is 4.79 Å². The lowest BCUT2D eigenvalue weighted by molar-refractivity contribution is -0.135. The molecule has 2 aromatic rings. The van der Waals surface area contributed by atoms with E-state index in [2.05, 4.69) is 23.2 Å². The van der Waals surface area contributed by atoms with E-state index in [-0.39, 0.29) is 11.8 Å². The number of carbonyl (C=O) groups is 1. The van der Waals surface area contributed by atoms with Crippen molar-refractivity contribution < 1.29 is 4.79 Å². The molecule has 1 amide bonds. The molecule has 0 N–H and O–H groups in total. The Hall–Kier alpha value is -1.97. The minimum Gasteiger partial charge on any atom is -0.342 e. The molecular weight excluding hydrogens is 298 g/mol. The smallest absolute Gasteiger partial charge is 0.225 e. The van der Waals surface area contributed by atoms with Crippen molar-refractivity contribution in [3.05, 3.63) is 35.7 Å². The van der Waals surface area contributed by atoms with Gasteiger partial charge in [0.1, 0.15) is 0 Å². The Morgan fingerprint density at radius 2 is 1.88 bits per heavy atom. The van der Waals surface area contributed by atoms with Crippen LogP contribution >= 0.6 is 0 Å². The maximum absolute atomic E-state index is 12.1. The largest absolute Gasteiger partial charge is 0.342 e. The number of amides is 1. The molecule has 126 valence electrons. The number of nitrogens with zero attached hydrogens (tertiary/aromatic N) is 3. The highest BCUT2D eigenvalue weighted by atomic mass is 16.2. The second kappa shape index (κ2) is 6.15. The number of hydrogen-bond donors (Lipinski definition) is 0. The first-order chi connectivity index (χ1) is 11.6. The van der Waals surface area contributed by atoms with Crippen molar-refractivity contribution in [2.24, 2.45) is 5.92 Å². The van der Waals surface area contributed by atoms with Crippen LogP contribution in [-0.4, -0.2) is 33.9 Å². The fourth-order valence-corrected chi connectivity index (χ4v) is 3.67. The van der Waals surface area contributed by atoms with E-state index in [1.54, 1.807) is 0 Å². The molecule has 2 aliphatic rings. The van der Waals surface area contributed by atoms with Crippen molar-refractivity contribution in [1.29, 1.82) is 0 Å². The Kier molecular flexibility index (Phi) is 3.99. The first-order valence-corrected chi connectivity index (χ1v) is 9.17. The van der Waals surface area contributed by atoms with Gasteiger partial charge in [0.15, 0.2) is 5.65 Å². The summed E-state index contributed by atoms with van der Waals surface area (Å²) < 4.78 is 0. The maximum Gasteiger partial charge on any atom is 0.225 e. The van der Waals surface area contributed by atoms with Crippen LogP contribution in [0.5, 0.6) is 0 Å². The van der Waals surface area contributed by atoms with E-state index in [0.717, 1.165) is 48.6 Å². The molecule has 1 aliphatic carbocycles. The number of hydrogen-bond acceptors (Lipinski definition) is 3. The summed E-state index contributed by atoms with van der Waals surface area (Å²) in [5.41, 5.74) is 3.35. The van der Waals surface area contributed by atoms with Crippen molar-refractivity contribution in [2.75, 3.05) is 13.1 Å². The standard InChI is InChI=1S/C20H25N3O/c1-13(2)20(24)23-9-7-15(8-10-23)18-6-5-16-11-17(14-3-4-14)12-21-19(16)22-18/h5-6,11-15H,3-4,7-10H2,1-2H3. The van der Waals surface area contributed by atoms with Crippen molar-refractivity contribution in [3.8, 4) is 0 Å². The molecule has 0 unspecified atom stereocenters. The van der Waals surface area contributed by atoms with Gasteiger partial charge in [-0.1, -0.05) is 13.8 Å². The SMILES string of the molecule is CC(C)C(=O)N1CCC(c2ccc3cc(C4CC4)cnc3n2)CC1. The van der Waals surface area contributed by atoms with Crippen LogP contribution in [0, 0.1) is 5.92 Å². The number of likely N-dealkylation sites (tertiary alicyclic amines) is 1. The Bertz CT molecular complexity index is 759. The minimum absolute atomic E-state index is 0.0882. The Morgan fingerprint density at radius 1 is 1.12 bits per heavy atom. The molecule has 0 radical (unpaired) electrons. The second-order valence-electron chi connectivity index (χ2n) is 7.58. The number of piperidine rings is 1. The van der Waals surface area contributed by atoms with Gasteiger partial charge in [0.05, 0.1) is 0 Å². The lowest BCUT2D eigenvalue weighted by atomic mass is 9.92. The molecule has 2 fully saturated rings. The van der Waals surface area contributed by atoms with Gasteiger partial charge >= 0.3 is 0 Å². The summed E-state index contributed by atoms with van der Waals surface area (Å²) in [6, 6.07) is 6.58. The molecule has 4 heteroatoms. The zero-order chi connectivity index (χ0) is 16.7. The van der Waals surface area contributed by atoms with Crippen molar-refractivity contribution in [1.82, 2.24) is 14.9 Å². The summed E-state index contributed by atoms with van der Waals surface area (Å²) in [5, 5.41) is 1.15. The molecule has 0 atom stereocenters. The molecule has 0 aromatic carbocycles. The highest BCUT2D eigenvalue weighted by Crippen LogP contribution is 2.40. The van der Waals surface area contributed by atoms with E-state index in [4.69, 9.17) is 4.98 Å². The van der Waals surface area contributed by atoms with Gasteiger partial charge in [0, 0.05) is 42.2 Å². The molecule has 4 rings (SSSR count). The van der Waals surface area contributed by atoms with Crippen molar-refractivity contribution >= 4 is 16.9 Å². The molecule has 24 heavy (non-hydrogen) atoms. The predicted octanol–water partition coefficient (Wildman–Crippen LogP) is 3.87. The van der Waals surface area contributed by atoms with Crippen LogP contribution in [0.25, 0.3) is 11.0 Å². The number of aromatic nitrogens is 2. The lowest BCUT2D eigenvalue weighted by Gasteiger charge is -2.32. The molecule has 0 bridgehead atoms. The van der Waals surface area contributed by atoms with Crippen LogP contribution in [0.15, 0.2) is 24.4 Å². The first-order valence-electron chi connectivity index (χ1n) is 9.17. The average molecular weight is 323 g/mol. The van der Waals surface area contributed by atoms with E-state index in [1.807, 2.05) is 24.9 Å². The average Bonchev–Trinajstić information content (AvgIpc) is 3.45. The van der Waals surface area contributed by atoms with Gasteiger partial charge in [-0.2, -0.15) is 0 Å². The molecule has 3 heterocycles. The summed E-state index contributed by atoms with van der Waals surface area (Å²) in [7, 11) is 0. The van der Waals surface area contributed by atoms with E-state index < -0.39 is 0 Å². The van der Waals surface area contributed by atoms with Crippen molar-refractivity contribution in [2.45, 2.75) is 51.4 Å². The summed E-state index contributed by atoms with van der Waals surface area (Å²) in [5.74, 6) is 1.53. The van der Waals surface area contributed by atoms with Crippen molar-refractivity contribution in [3.63, 3.8) is 0 Å². The number of rotatable bonds is 3. The molecule has 4 nitrogen and oxygen atoms in total. The monoisotopic (exact) mass is 323 g/mol. The maximum atomic E-state index is 12.1. The fraction of sp³-hybridized carbons (Fsp3) is 0.550. The van der Waals surface area contributed by atoms with E-state index in [0.29, 0.717) is 5.92 Å². The molecule has 1 saturated carbocycles. The second-order valence-corrected chi connectivity index (χ2v) is 7.58. The Morgan fingerprint density at radius 3 is 2.54 bits per heavy atom. The Labute approximate surface area is 143 Å². The summed E-state index contributed by atoms with van der Waals surface area (Å²) >= 11 is 0. The van der Waals surface area contributed by atoms with Crippen LogP contribution in [-0.2, 0) is 4.79 Å². The first kappa shape index (κ1) is 15.6. The van der Waals surface area contributed by atoms with Crippen LogP contribution < -0.4 is 0 Å². The molecular formula is C20H25N3O. The topological polar surface area (TPSA) is 46.1 Å². The molecule has 2 aromatic heterocycles. The number of carbonyl (C=O) groups excluding carboxylic acids is 1. The highest BCUT2D eigenvalue weighted by molar-refractivity contribution is 5.78. The zero-order valence-corrected chi connectivity index (χ0v) is 14.5. The lowest BCUT2D eigenvalue weighted by Crippen LogP contribution is -2.40. The van der Waals surface area contributed by atoms with Gasteiger partial charge in [-0.25, -0.2) is 9.97 Å². The quantitative estimate of drug-likeness (QED) is 0.861. The minimum atomic E-state index is 0.0882. The third-order valence-corrected chi connectivity index (χ3v) is 5.35. The zero-order valence-electron chi connectivity index (χ0n) is 14.5. The third kappa shape index (κ3) is 3.02. The van der Waals surface area contributed by atoms with E-state index >= 15 is 0 Å². The van der Waals surface area contributed by atoms with Crippen LogP contribution in [0.2, 0.25) is 0 Å². The van der Waals surface area contributed by atoms with Gasteiger partial charge in [0.2, 0.25) is 5.91 Å². The summed E-state index contributed by atoms with van der Waals surface area (Å²) in [6.45, 7) is 5.63. The van der Waals surface area contributed by atoms with Crippen LogP contribution in [0.1, 0.15) is 62.6 Å². The Balaban J connectivity index is 1.48. The van der Waals surface area contributed by atoms with Gasteiger partial charge < -0.3 is 4.90 Å². The highest BCUT2D eigenvalue weighted by Gasteiger charge is 2.26. The summed E-state index contributed by atoms with van der Waals surface area (Å²) in [6.07, 6.45) is 6.59. The van der Waals surface area contributed by atoms with Gasteiger partial charge in [0.25, 0.3) is 0 Å². The van der Waals surface area contributed by atoms with Gasteiger partial charge in [-0.3, -0.25) is 4.79 Å². The predicted molar refractivity (Wildman–Crippen MR) is 94.9 cm³/mol. The third-order valence-electron chi connectivity index (χ3n) is 5.35. The number of pyridine rings is 2. The van der Waals surface area contributed by atoms with E-state index in [1.165, 1.54) is 18.4 Å². The van der Waals surface area contributed by atoms with Crippen LogP contribution in [0.4, 0.5) is 0 Å². The normalized spacial score (nSPS) is 19.2. The molecule has 1 saturated heterocycles. The number of fused-ring (bicyclic) bond motifs is 1. The van der Waals surface area contributed by atoms with Crippen LogP contribution in [0.3, 0.4) is 0 Å². The molecule has 1 aliphatic heterocycles. The molecule has 0 spiro atoms. The summed E-state index contributed by atoms with van der Waals surface area (Å²) in [4.78, 5) is 23.5. The fourth-order valence-electron chi connectivity index (χ4n) is 3.67.